The summed E-state index contributed by atoms with van der Waals surface area (Å²) >= 11 is 0. The van der Waals surface area contributed by atoms with Gasteiger partial charge in [0.25, 0.3) is 0 Å². The minimum absolute atomic E-state index is 0.0403. The normalized spacial score (nSPS) is 12.7. The van der Waals surface area contributed by atoms with Gasteiger partial charge in [-0.15, -0.1) is 13.2 Å². The molecule has 44 heavy (non-hydrogen) atoms. The number of carbonyl (C=O) groups is 3. The molecule has 3 aromatic rings. The lowest BCUT2D eigenvalue weighted by atomic mass is 9.97. The average molecular weight is 599 g/mol. The fourth-order valence-corrected chi connectivity index (χ4v) is 4.57. The van der Waals surface area contributed by atoms with Crippen molar-refractivity contribution in [1.29, 1.82) is 0 Å². The molecule has 0 aliphatic carbocycles. The molecule has 3 atom stereocenters. The Morgan fingerprint density at radius 1 is 0.841 bits per heavy atom. The first-order valence-corrected chi connectivity index (χ1v) is 14.8. The summed E-state index contributed by atoms with van der Waals surface area (Å²) < 4.78 is 11.2. The summed E-state index contributed by atoms with van der Waals surface area (Å²) in [5, 5.41) is 15.8. The minimum Gasteiger partial charge on any atom is -0.489 e. The van der Waals surface area contributed by atoms with Crippen LogP contribution in [0.15, 0.2) is 110 Å². The van der Waals surface area contributed by atoms with Gasteiger partial charge in [-0.05, 0) is 48.1 Å². The largest absolute Gasteiger partial charge is 0.489 e. The van der Waals surface area contributed by atoms with Crippen molar-refractivity contribution in [3.8, 4) is 5.75 Å². The van der Waals surface area contributed by atoms with Gasteiger partial charge in [0.1, 0.15) is 19.0 Å². The molecule has 0 spiro atoms. The molecule has 2 amide bonds. The molecule has 0 aliphatic heterocycles. The first-order chi connectivity index (χ1) is 21.4. The molecule has 0 heterocycles. The molecule has 0 fully saturated rings. The van der Waals surface area contributed by atoms with Gasteiger partial charge in [0, 0.05) is 12.8 Å². The molecule has 8 heteroatoms. The summed E-state index contributed by atoms with van der Waals surface area (Å²) in [5.41, 5.74) is 2.77. The summed E-state index contributed by atoms with van der Waals surface area (Å²) in [6.45, 7) is 7.52. The fourth-order valence-electron chi connectivity index (χ4n) is 4.57. The van der Waals surface area contributed by atoms with E-state index in [0.29, 0.717) is 19.4 Å². The molecule has 0 saturated heterocycles. The highest BCUT2D eigenvalue weighted by Crippen LogP contribution is 2.19. The van der Waals surface area contributed by atoms with Crippen molar-refractivity contribution in [3.63, 3.8) is 0 Å². The Hall–Kier alpha value is -4.69. The Morgan fingerprint density at radius 2 is 1.52 bits per heavy atom. The van der Waals surface area contributed by atoms with Crippen LogP contribution in [0, 0.1) is 5.92 Å². The van der Waals surface area contributed by atoms with Crippen LogP contribution in [0.3, 0.4) is 0 Å². The van der Waals surface area contributed by atoms with Crippen LogP contribution in [0.2, 0.25) is 0 Å². The smallest absolute Gasteiger partial charge is 0.306 e. The maximum absolute atomic E-state index is 13.3. The highest BCUT2D eigenvalue weighted by Gasteiger charge is 2.26. The molecule has 3 rings (SSSR count). The molecule has 8 nitrogen and oxygen atoms in total. The summed E-state index contributed by atoms with van der Waals surface area (Å²) in [7, 11) is 0. The van der Waals surface area contributed by atoms with Gasteiger partial charge in [0.15, 0.2) is 0 Å². The summed E-state index contributed by atoms with van der Waals surface area (Å²) in [6, 6.07) is 25.5. The number of esters is 1. The van der Waals surface area contributed by atoms with E-state index in [-0.39, 0.29) is 50.3 Å². The number of allylic oxidation sites excluding steroid dienone is 2. The van der Waals surface area contributed by atoms with E-state index in [1.807, 2.05) is 84.9 Å². The molecule has 232 valence electrons. The van der Waals surface area contributed by atoms with Crippen molar-refractivity contribution in [1.82, 2.24) is 10.6 Å². The molecule has 0 saturated carbocycles. The Labute approximate surface area is 259 Å². The number of benzene rings is 3. The molecule has 0 unspecified atom stereocenters. The van der Waals surface area contributed by atoms with Crippen LogP contribution in [-0.2, 0) is 32.1 Å². The summed E-state index contributed by atoms with van der Waals surface area (Å²) in [6.07, 6.45) is 4.53. The van der Waals surface area contributed by atoms with E-state index in [4.69, 9.17) is 9.47 Å². The second-order valence-corrected chi connectivity index (χ2v) is 10.5. The van der Waals surface area contributed by atoms with E-state index in [9.17, 15) is 19.5 Å². The van der Waals surface area contributed by atoms with Gasteiger partial charge in [0.05, 0.1) is 24.6 Å². The number of hydrogen-bond donors (Lipinski definition) is 3. The third-order valence-electron chi connectivity index (χ3n) is 6.98. The fraction of sp³-hybridized carbons (Fsp3) is 0.306. The van der Waals surface area contributed by atoms with E-state index >= 15 is 0 Å². The van der Waals surface area contributed by atoms with Gasteiger partial charge in [-0.1, -0.05) is 84.9 Å². The van der Waals surface area contributed by atoms with E-state index in [1.165, 1.54) is 0 Å². The van der Waals surface area contributed by atoms with Gasteiger partial charge in [-0.3, -0.25) is 14.4 Å². The molecule has 0 aliphatic rings. The van der Waals surface area contributed by atoms with E-state index in [1.54, 1.807) is 12.2 Å². The first-order valence-electron chi connectivity index (χ1n) is 14.8. The van der Waals surface area contributed by atoms with Gasteiger partial charge in [0.2, 0.25) is 11.8 Å². The Kier molecular flexibility index (Phi) is 14.4. The second kappa shape index (κ2) is 18.8. The van der Waals surface area contributed by atoms with Crippen LogP contribution in [0.4, 0.5) is 0 Å². The molecule has 3 aromatic carbocycles. The van der Waals surface area contributed by atoms with Gasteiger partial charge < -0.3 is 25.2 Å². The predicted octanol–water partition coefficient (Wildman–Crippen LogP) is 5.23. The van der Waals surface area contributed by atoms with Gasteiger partial charge in [-0.25, -0.2) is 0 Å². The zero-order chi connectivity index (χ0) is 31.6. The standard InChI is InChI=1S/C36H42N2O6/c1-3-5-17-35(41)44-26-33(29-15-10-7-11-16-29)38-36(42)30(12-4-2)23-34(40)37-31(24-39)22-27-18-20-32(21-19-27)43-25-28-13-8-6-9-14-28/h3-4,6-11,13-16,18-21,30-31,33,39H,1-2,5,12,17,22-26H2,(H,37,40)(H,38,42)/t30-,31+,33+/m1/s1. The molecule has 3 N–H and O–H groups in total. The number of carbonyl (C=O) groups excluding carboxylic acids is 3. The number of rotatable bonds is 19. The van der Waals surface area contributed by atoms with Crippen LogP contribution < -0.4 is 15.4 Å². The number of hydrogen-bond acceptors (Lipinski definition) is 6. The van der Waals surface area contributed by atoms with Crippen LogP contribution in [-0.4, -0.2) is 42.1 Å². The topological polar surface area (TPSA) is 114 Å². The number of aliphatic hydroxyl groups is 1. The third kappa shape index (κ3) is 11.9. The van der Waals surface area contributed by atoms with Gasteiger partial charge >= 0.3 is 5.97 Å². The van der Waals surface area contributed by atoms with Crippen molar-refractivity contribution in [3.05, 3.63) is 127 Å². The van der Waals surface area contributed by atoms with E-state index < -0.39 is 18.0 Å². The third-order valence-corrected chi connectivity index (χ3v) is 6.98. The van der Waals surface area contributed by atoms with E-state index in [2.05, 4.69) is 23.8 Å². The Bertz CT molecular complexity index is 1330. The number of aliphatic hydroxyl groups excluding tert-OH is 1. The lowest BCUT2D eigenvalue weighted by molar-refractivity contribution is -0.145. The number of amides is 2. The Morgan fingerprint density at radius 3 is 2.16 bits per heavy atom. The lowest BCUT2D eigenvalue weighted by Gasteiger charge is -2.23. The van der Waals surface area contributed by atoms with Crippen molar-refractivity contribution >= 4 is 17.8 Å². The minimum atomic E-state index is -0.699. The molecule has 0 bridgehead atoms. The molecular formula is C36H42N2O6. The van der Waals surface area contributed by atoms with Crippen LogP contribution in [0.1, 0.15) is 48.4 Å². The highest BCUT2D eigenvalue weighted by molar-refractivity contribution is 5.86. The molecule has 0 radical (unpaired) electrons. The zero-order valence-electron chi connectivity index (χ0n) is 25.0. The summed E-state index contributed by atoms with van der Waals surface area (Å²) in [5.74, 6) is -1.08. The quantitative estimate of drug-likeness (QED) is 0.129. The zero-order valence-corrected chi connectivity index (χ0v) is 25.0. The van der Waals surface area contributed by atoms with Crippen LogP contribution in [0.5, 0.6) is 5.75 Å². The first kappa shape index (κ1) is 33.8. The van der Waals surface area contributed by atoms with Gasteiger partial charge in [-0.2, -0.15) is 0 Å². The van der Waals surface area contributed by atoms with Crippen LogP contribution >= 0.6 is 0 Å². The Balaban J connectivity index is 1.55. The maximum atomic E-state index is 13.3. The monoisotopic (exact) mass is 598 g/mol. The maximum Gasteiger partial charge on any atom is 0.306 e. The highest BCUT2D eigenvalue weighted by atomic mass is 16.5. The van der Waals surface area contributed by atoms with Crippen molar-refractivity contribution in [2.24, 2.45) is 5.92 Å². The summed E-state index contributed by atoms with van der Waals surface area (Å²) in [4.78, 5) is 38.4. The number of ether oxygens (including phenoxy) is 2. The molecular weight excluding hydrogens is 556 g/mol. The lowest BCUT2D eigenvalue weighted by Crippen LogP contribution is -2.42. The SMILES string of the molecule is C=CCCC(=O)OC[C@H](NC(=O)[C@H](CC=C)CC(=O)N[C@H](CO)Cc1ccc(OCc2ccccc2)cc1)c1ccccc1. The van der Waals surface area contributed by atoms with Crippen molar-refractivity contribution < 1.29 is 29.0 Å². The number of nitrogens with one attached hydrogen (secondary N) is 2. The predicted molar refractivity (Wildman–Crippen MR) is 171 cm³/mol. The second-order valence-electron chi connectivity index (χ2n) is 10.5. The van der Waals surface area contributed by atoms with Crippen molar-refractivity contribution in [2.45, 2.75) is 50.8 Å². The van der Waals surface area contributed by atoms with Crippen LogP contribution in [0.25, 0.3) is 0 Å². The molecule has 0 aromatic heterocycles. The van der Waals surface area contributed by atoms with E-state index in [0.717, 1.165) is 22.4 Å². The van der Waals surface area contributed by atoms with Crippen molar-refractivity contribution in [2.75, 3.05) is 13.2 Å². The average Bonchev–Trinajstić information content (AvgIpc) is 3.05.